The lowest BCUT2D eigenvalue weighted by Gasteiger charge is -2.17. The molecule has 1 aliphatic carbocycles. The van der Waals surface area contributed by atoms with Gasteiger partial charge in [0.05, 0.1) is 6.20 Å². The van der Waals surface area contributed by atoms with Crippen LogP contribution in [0.2, 0.25) is 0 Å². The summed E-state index contributed by atoms with van der Waals surface area (Å²) in [5.41, 5.74) is 0.510. The normalized spacial score (nSPS) is 26.2. The first-order valence-corrected chi connectivity index (χ1v) is 5.47. The molecule has 1 fully saturated rings. The largest absolute Gasteiger partial charge is 0.372 e. The molecule has 1 aromatic rings. The molecule has 72 valence electrons. The van der Waals surface area contributed by atoms with Crippen molar-refractivity contribution in [3.8, 4) is 0 Å². The number of hydrogen-bond donors (Lipinski definition) is 1. The van der Waals surface area contributed by atoms with Gasteiger partial charge in [-0.3, -0.25) is 0 Å². The Balaban J connectivity index is 1.91. The monoisotopic (exact) mass is 197 g/mol. The minimum absolute atomic E-state index is 0.510. The highest BCUT2D eigenvalue weighted by atomic mass is 32.1. The Morgan fingerprint density at radius 2 is 2.46 bits per heavy atom. The van der Waals surface area contributed by atoms with Gasteiger partial charge in [-0.25, -0.2) is 0 Å². The van der Waals surface area contributed by atoms with Crippen molar-refractivity contribution in [2.24, 2.45) is 5.41 Å². The highest BCUT2D eigenvalue weighted by Crippen LogP contribution is 2.38. The van der Waals surface area contributed by atoms with Gasteiger partial charge in [0.15, 0.2) is 0 Å². The van der Waals surface area contributed by atoms with Crippen LogP contribution in [0, 0.1) is 5.41 Å². The summed E-state index contributed by atoms with van der Waals surface area (Å²) in [5.74, 6) is 0. The Labute approximate surface area is 82.7 Å². The number of aromatic nitrogens is 2. The fourth-order valence-corrected chi connectivity index (χ4v) is 2.49. The van der Waals surface area contributed by atoms with Crippen molar-refractivity contribution in [1.29, 1.82) is 0 Å². The molecule has 4 heteroatoms. The Bertz CT molecular complexity index is 268. The molecule has 0 radical (unpaired) electrons. The summed E-state index contributed by atoms with van der Waals surface area (Å²) in [4.78, 5) is 0. The van der Waals surface area contributed by atoms with E-state index in [4.69, 9.17) is 0 Å². The van der Waals surface area contributed by atoms with Crippen molar-refractivity contribution < 1.29 is 0 Å². The van der Waals surface area contributed by atoms with Gasteiger partial charge in [0, 0.05) is 17.6 Å². The molecular formula is C9H15N3S. The maximum Gasteiger partial charge on any atom is 0.130 e. The zero-order valence-electron chi connectivity index (χ0n) is 8.08. The highest BCUT2D eigenvalue weighted by molar-refractivity contribution is 7.09. The van der Waals surface area contributed by atoms with Crippen LogP contribution in [0.5, 0.6) is 0 Å². The first kappa shape index (κ1) is 8.94. The van der Waals surface area contributed by atoms with Gasteiger partial charge in [0.25, 0.3) is 0 Å². The van der Waals surface area contributed by atoms with Crippen LogP contribution in [0.4, 0.5) is 5.00 Å². The van der Waals surface area contributed by atoms with Gasteiger partial charge in [0.2, 0.25) is 0 Å². The van der Waals surface area contributed by atoms with Crippen LogP contribution in [0.3, 0.4) is 0 Å². The minimum Gasteiger partial charge on any atom is -0.372 e. The van der Waals surface area contributed by atoms with Gasteiger partial charge in [-0.15, -0.1) is 5.10 Å². The number of nitrogens with one attached hydrogen (secondary N) is 1. The van der Waals surface area contributed by atoms with Gasteiger partial charge in [-0.05, 0) is 24.7 Å². The predicted molar refractivity (Wildman–Crippen MR) is 55.0 cm³/mol. The zero-order valence-corrected chi connectivity index (χ0v) is 8.90. The number of nitrogens with zero attached hydrogens (tertiary/aromatic N) is 2. The van der Waals surface area contributed by atoms with Crippen molar-refractivity contribution in [3.05, 3.63) is 6.20 Å². The topological polar surface area (TPSA) is 37.8 Å². The molecule has 1 N–H and O–H groups in total. The molecule has 2 rings (SSSR count). The molecule has 0 aliphatic heterocycles. The van der Waals surface area contributed by atoms with E-state index in [1.807, 2.05) is 0 Å². The average Bonchev–Trinajstić information content (AvgIpc) is 2.61. The van der Waals surface area contributed by atoms with Crippen LogP contribution in [0.25, 0.3) is 0 Å². The van der Waals surface area contributed by atoms with E-state index in [-0.39, 0.29) is 0 Å². The molecule has 0 bridgehead atoms. The van der Waals surface area contributed by atoms with E-state index in [2.05, 4.69) is 28.8 Å². The SMILES string of the molecule is CC1(C)CCC(Nc2cnns2)C1. The molecule has 1 heterocycles. The van der Waals surface area contributed by atoms with Crippen LogP contribution >= 0.6 is 11.5 Å². The summed E-state index contributed by atoms with van der Waals surface area (Å²) in [7, 11) is 0. The molecule has 0 amide bonds. The third-order valence-electron chi connectivity index (χ3n) is 2.68. The smallest absolute Gasteiger partial charge is 0.130 e. The standard InChI is InChI=1S/C9H15N3S/c1-9(2)4-3-7(5-9)11-8-6-10-12-13-8/h6-7,11H,3-5H2,1-2H3. The summed E-state index contributed by atoms with van der Waals surface area (Å²) in [5, 5.41) is 8.38. The quantitative estimate of drug-likeness (QED) is 0.791. The lowest BCUT2D eigenvalue weighted by molar-refractivity contribution is 0.378. The summed E-state index contributed by atoms with van der Waals surface area (Å²) in [6, 6.07) is 0.622. The van der Waals surface area contributed by atoms with Crippen LogP contribution in [-0.4, -0.2) is 15.6 Å². The maximum atomic E-state index is 3.83. The Morgan fingerprint density at radius 1 is 1.62 bits per heavy atom. The van der Waals surface area contributed by atoms with E-state index in [1.54, 1.807) is 6.20 Å². The second-order valence-electron chi connectivity index (χ2n) is 4.53. The Hall–Kier alpha value is -0.640. The third-order valence-corrected chi connectivity index (χ3v) is 3.27. The molecular weight excluding hydrogens is 182 g/mol. The summed E-state index contributed by atoms with van der Waals surface area (Å²) in [6.45, 7) is 4.67. The first-order valence-electron chi connectivity index (χ1n) is 4.70. The molecule has 1 saturated carbocycles. The van der Waals surface area contributed by atoms with E-state index in [1.165, 1.54) is 30.8 Å². The molecule has 0 spiro atoms. The average molecular weight is 197 g/mol. The lowest BCUT2D eigenvalue weighted by Crippen LogP contribution is -2.16. The number of rotatable bonds is 2. The molecule has 1 aliphatic rings. The first-order chi connectivity index (χ1) is 6.16. The van der Waals surface area contributed by atoms with Gasteiger partial charge in [-0.2, -0.15) is 0 Å². The van der Waals surface area contributed by atoms with Gasteiger partial charge < -0.3 is 5.32 Å². The number of anilines is 1. The van der Waals surface area contributed by atoms with E-state index in [9.17, 15) is 0 Å². The summed E-state index contributed by atoms with van der Waals surface area (Å²) in [6.07, 6.45) is 5.64. The van der Waals surface area contributed by atoms with Crippen LogP contribution in [0.1, 0.15) is 33.1 Å². The van der Waals surface area contributed by atoms with E-state index < -0.39 is 0 Å². The number of hydrogen-bond acceptors (Lipinski definition) is 4. The predicted octanol–water partition coefficient (Wildman–Crippen LogP) is 2.53. The molecule has 0 aromatic carbocycles. The Kier molecular flexibility index (Phi) is 2.24. The summed E-state index contributed by atoms with van der Waals surface area (Å²) < 4.78 is 3.83. The maximum absolute atomic E-state index is 3.83. The molecule has 0 saturated heterocycles. The van der Waals surface area contributed by atoms with Crippen LogP contribution in [0.15, 0.2) is 6.20 Å². The highest BCUT2D eigenvalue weighted by Gasteiger charge is 2.30. The fourth-order valence-electron chi connectivity index (χ4n) is 1.99. The van der Waals surface area contributed by atoms with Crippen molar-refractivity contribution in [3.63, 3.8) is 0 Å². The van der Waals surface area contributed by atoms with Crippen LogP contribution < -0.4 is 5.32 Å². The molecule has 3 nitrogen and oxygen atoms in total. The lowest BCUT2D eigenvalue weighted by atomic mass is 9.92. The molecule has 1 atom stereocenters. The van der Waals surface area contributed by atoms with Crippen molar-refractivity contribution >= 4 is 16.5 Å². The fraction of sp³-hybridized carbons (Fsp3) is 0.778. The van der Waals surface area contributed by atoms with Gasteiger partial charge >= 0.3 is 0 Å². The second kappa shape index (κ2) is 3.25. The third kappa shape index (κ3) is 2.18. The van der Waals surface area contributed by atoms with Crippen molar-refractivity contribution in [2.45, 2.75) is 39.2 Å². The van der Waals surface area contributed by atoms with Crippen molar-refractivity contribution in [2.75, 3.05) is 5.32 Å². The Morgan fingerprint density at radius 3 is 3.00 bits per heavy atom. The minimum atomic E-state index is 0.510. The second-order valence-corrected chi connectivity index (χ2v) is 5.32. The van der Waals surface area contributed by atoms with E-state index in [0.29, 0.717) is 11.5 Å². The van der Waals surface area contributed by atoms with Gasteiger partial charge in [-0.1, -0.05) is 18.3 Å². The summed E-state index contributed by atoms with van der Waals surface area (Å²) >= 11 is 1.44. The van der Waals surface area contributed by atoms with Crippen LogP contribution in [-0.2, 0) is 0 Å². The van der Waals surface area contributed by atoms with Gasteiger partial charge in [0.1, 0.15) is 5.00 Å². The molecule has 1 aromatic heterocycles. The zero-order chi connectivity index (χ0) is 9.31. The molecule has 13 heavy (non-hydrogen) atoms. The van der Waals surface area contributed by atoms with Crippen molar-refractivity contribution in [1.82, 2.24) is 9.59 Å². The molecule has 1 unspecified atom stereocenters. The van der Waals surface area contributed by atoms with E-state index in [0.717, 1.165) is 5.00 Å². The van der Waals surface area contributed by atoms with E-state index >= 15 is 0 Å².